The summed E-state index contributed by atoms with van der Waals surface area (Å²) < 4.78 is 14.5. The standard InChI is InChI=1S/C10H9FN4O3S/c1-14-9(5-16)12-13-10(14)19-8-3-2-6(11)4-7(8)15(17)18/h2-4,16H,5H2,1H3. The molecule has 0 unspecified atom stereocenters. The second-order valence-electron chi connectivity index (χ2n) is 3.59. The van der Waals surface area contributed by atoms with Crippen LogP contribution in [-0.2, 0) is 13.7 Å². The number of halogens is 1. The average Bonchev–Trinajstić information content (AvgIpc) is 2.72. The molecule has 2 aromatic rings. The summed E-state index contributed by atoms with van der Waals surface area (Å²) in [4.78, 5) is 10.5. The second kappa shape index (κ2) is 5.33. The number of hydrogen-bond acceptors (Lipinski definition) is 6. The van der Waals surface area contributed by atoms with Crippen LogP contribution in [0.5, 0.6) is 0 Å². The Hall–Kier alpha value is -2.00. The summed E-state index contributed by atoms with van der Waals surface area (Å²) in [6.45, 7) is -0.282. The molecule has 1 N–H and O–H groups in total. The first-order valence-electron chi connectivity index (χ1n) is 5.14. The molecule has 0 saturated heterocycles. The van der Waals surface area contributed by atoms with Gasteiger partial charge in [-0.3, -0.25) is 10.1 Å². The zero-order valence-electron chi connectivity index (χ0n) is 9.78. The summed E-state index contributed by atoms with van der Waals surface area (Å²) in [5, 5.41) is 27.7. The van der Waals surface area contributed by atoms with Crippen LogP contribution >= 0.6 is 11.8 Å². The lowest BCUT2D eigenvalue weighted by Crippen LogP contribution is -1.99. The van der Waals surface area contributed by atoms with Gasteiger partial charge in [0.15, 0.2) is 11.0 Å². The van der Waals surface area contributed by atoms with Crippen molar-refractivity contribution in [3.05, 3.63) is 40.0 Å². The lowest BCUT2D eigenvalue weighted by molar-refractivity contribution is -0.387. The van der Waals surface area contributed by atoms with E-state index in [-0.39, 0.29) is 17.2 Å². The van der Waals surface area contributed by atoms with E-state index in [4.69, 9.17) is 5.11 Å². The molecule has 7 nitrogen and oxygen atoms in total. The Morgan fingerprint density at radius 1 is 1.53 bits per heavy atom. The first kappa shape index (κ1) is 13.4. The van der Waals surface area contributed by atoms with Crippen LogP contribution in [0.15, 0.2) is 28.3 Å². The summed E-state index contributed by atoms with van der Waals surface area (Å²) in [5.41, 5.74) is -0.335. The van der Waals surface area contributed by atoms with Gasteiger partial charge in [-0.25, -0.2) is 4.39 Å². The van der Waals surface area contributed by atoms with Crippen molar-refractivity contribution in [1.82, 2.24) is 14.8 Å². The lowest BCUT2D eigenvalue weighted by atomic mass is 10.3. The van der Waals surface area contributed by atoms with E-state index in [9.17, 15) is 14.5 Å². The third-order valence-corrected chi connectivity index (χ3v) is 3.49. The van der Waals surface area contributed by atoms with E-state index in [1.165, 1.54) is 10.6 Å². The van der Waals surface area contributed by atoms with Gasteiger partial charge in [0.05, 0.1) is 15.9 Å². The summed E-state index contributed by atoms with van der Waals surface area (Å²) in [7, 11) is 1.63. The number of aliphatic hydroxyl groups excluding tert-OH is 1. The molecule has 0 radical (unpaired) electrons. The number of nitro benzene ring substituents is 1. The number of benzene rings is 1. The Kier molecular flexibility index (Phi) is 3.76. The fraction of sp³-hybridized carbons (Fsp3) is 0.200. The number of hydrogen-bond donors (Lipinski definition) is 1. The highest BCUT2D eigenvalue weighted by molar-refractivity contribution is 7.99. The molecule has 100 valence electrons. The molecular formula is C10H9FN4O3S. The van der Waals surface area contributed by atoms with Crippen LogP contribution in [0.4, 0.5) is 10.1 Å². The van der Waals surface area contributed by atoms with Crippen LogP contribution in [0.25, 0.3) is 0 Å². The van der Waals surface area contributed by atoms with Crippen molar-refractivity contribution >= 4 is 17.4 Å². The first-order chi connectivity index (χ1) is 9.02. The highest BCUT2D eigenvalue weighted by Crippen LogP contribution is 2.34. The van der Waals surface area contributed by atoms with E-state index in [0.717, 1.165) is 23.9 Å². The van der Waals surface area contributed by atoms with Gasteiger partial charge in [0.25, 0.3) is 5.69 Å². The maximum atomic E-state index is 13.0. The minimum absolute atomic E-state index is 0.256. The maximum Gasteiger partial charge on any atom is 0.286 e. The van der Waals surface area contributed by atoms with Gasteiger partial charge in [0, 0.05) is 7.05 Å². The molecule has 1 aromatic heterocycles. The molecule has 19 heavy (non-hydrogen) atoms. The van der Waals surface area contributed by atoms with E-state index in [2.05, 4.69) is 10.2 Å². The van der Waals surface area contributed by atoms with Gasteiger partial charge >= 0.3 is 0 Å². The topological polar surface area (TPSA) is 94.1 Å². The highest BCUT2D eigenvalue weighted by Gasteiger charge is 2.18. The molecule has 1 heterocycles. The summed E-state index contributed by atoms with van der Waals surface area (Å²) in [6, 6.07) is 3.30. The van der Waals surface area contributed by atoms with Crippen LogP contribution in [0, 0.1) is 15.9 Å². The average molecular weight is 284 g/mol. The zero-order valence-corrected chi connectivity index (χ0v) is 10.6. The van der Waals surface area contributed by atoms with Crippen molar-refractivity contribution in [2.45, 2.75) is 16.7 Å². The van der Waals surface area contributed by atoms with E-state index in [1.54, 1.807) is 7.05 Å². The normalized spacial score (nSPS) is 10.7. The van der Waals surface area contributed by atoms with E-state index < -0.39 is 10.7 Å². The quantitative estimate of drug-likeness (QED) is 0.675. The van der Waals surface area contributed by atoms with Gasteiger partial charge in [0.1, 0.15) is 12.4 Å². The van der Waals surface area contributed by atoms with Gasteiger partial charge in [0.2, 0.25) is 0 Å². The molecule has 0 spiro atoms. The third kappa shape index (κ3) is 2.71. The molecular weight excluding hydrogens is 275 g/mol. The Balaban J connectivity index is 2.37. The van der Waals surface area contributed by atoms with Crippen molar-refractivity contribution in [1.29, 1.82) is 0 Å². The van der Waals surface area contributed by atoms with Crippen LogP contribution in [0.2, 0.25) is 0 Å². The monoisotopic (exact) mass is 284 g/mol. The van der Waals surface area contributed by atoms with Crippen LogP contribution in [0.1, 0.15) is 5.82 Å². The Morgan fingerprint density at radius 3 is 2.84 bits per heavy atom. The van der Waals surface area contributed by atoms with Gasteiger partial charge in [-0.2, -0.15) is 0 Å². The smallest absolute Gasteiger partial charge is 0.286 e. The summed E-state index contributed by atoms with van der Waals surface area (Å²) in [5.74, 6) is -0.336. The molecule has 0 aliphatic rings. The molecule has 2 rings (SSSR count). The van der Waals surface area contributed by atoms with E-state index in [0.29, 0.717) is 11.0 Å². The fourth-order valence-electron chi connectivity index (χ4n) is 1.39. The number of rotatable bonds is 4. The fourth-order valence-corrected chi connectivity index (χ4v) is 2.28. The van der Waals surface area contributed by atoms with Crippen LogP contribution in [-0.4, -0.2) is 24.8 Å². The van der Waals surface area contributed by atoms with Crippen molar-refractivity contribution < 1.29 is 14.4 Å². The van der Waals surface area contributed by atoms with Crippen LogP contribution in [0.3, 0.4) is 0 Å². The van der Waals surface area contributed by atoms with Crippen molar-refractivity contribution in [2.24, 2.45) is 7.05 Å². The molecule has 0 atom stereocenters. The Morgan fingerprint density at radius 2 is 2.26 bits per heavy atom. The summed E-state index contributed by atoms with van der Waals surface area (Å²) in [6.07, 6.45) is 0. The van der Waals surface area contributed by atoms with Gasteiger partial charge in [-0.05, 0) is 23.9 Å². The SMILES string of the molecule is Cn1c(CO)nnc1Sc1ccc(F)cc1[N+](=O)[O-]. The highest BCUT2D eigenvalue weighted by atomic mass is 32.2. The Bertz CT molecular complexity index is 631. The van der Waals surface area contributed by atoms with Gasteiger partial charge in [-0.1, -0.05) is 0 Å². The molecule has 0 fully saturated rings. The number of aliphatic hydroxyl groups is 1. The van der Waals surface area contributed by atoms with Crippen molar-refractivity contribution in [3.63, 3.8) is 0 Å². The predicted molar refractivity (Wildman–Crippen MR) is 64.1 cm³/mol. The minimum atomic E-state index is -0.676. The van der Waals surface area contributed by atoms with Gasteiger partial charge < -0.3 is 9.67 Å². The number of aromatic nitrogens is 3. The molecule has 1 aromatic carbocycles. The predicted octanol–water partition coefficient (Wildman–Crippen LogP) is 1.51. The number of nitrogens with zero attached hydrogens (tertiary/aromatic N) is 4. The first-order valence-corrected chi connectivity index (χ1v) is 5.95. The van der Waals surface area contributed by atoms with E-state index >= 15 is 0 Å². The van der Waals surface area contributed by atoms with E-state index in [1.807, 2.05) is 0 Å². The molecule has 9 heteroatoms. The largest absolute Gasteiger partial charge is 0.388 e. The van der Waals surface area contributed by atoms with Gasteiger partial charge in [-0.15, -0.1) is 10.2 Å². The molecule has 0 aliphatic carbocycles. The second-order valence-corrected chi connectivity index (χ2v) is 4.60. The lowest BCUT2D eigenvalue weighted by Gasteiger charge is -2.03. The minimum Gasteiger partial charge on any atom is -0.388 e. The number of nitro groups is 1. The molecule has 0 amide bonds. The zero-order chi connectivity index (χ0) is 14.0. The van der Waals surface area contributed by atoms with Crippen molar-refractivity contribution in [3.8, 4) is 0 Å². The molecule has 0 aliphatic heterocycles. The van der Waals surface area contributed by atoms with Crippen molar-refractivity contribution in [2.75, 3.05) is 0 Å². The van der Waals surface area contributed by atoms with Crippen LogP contribution < -0.4 is 0 Å². The summed E-state index contributed by atoms with van der Waals surface area (Å²) >= 11 is 0.984. The Labute approximate surface area is 111 Å². The molecule has 0 saturated carbocycles. The molecule has 0 bridgehead atoms. The third-order valence-electron chi connectivity index (χ3n) is 2.39. The maximum absolute atomic E-state index is 13.0.